The number of piperidine rings is 1. The van der Waals surface area contributed by atoms with Crippen molar-refractivity contribution in [3.05, 3.63) is 34.9 Å². The van der Waals surface area contributed by atoms with Crippen LogP contribution in [0.1, 0.15) is 34.3 Å². The Morgan fingerprint density at radius 2 is 2.18 bits per heavy atom. The standard InChI is InChI=1S/C14H18BrNO/c1-10-5-6-11(2)13(8-10)14(17)16-7-3-4-12(15)9-16/h5-6,8,12H,3-4,7,9H2,1-2H3. The summed E-state index contributed by atoms with van der Waals surface area (Å²) >= 11 is 3.61. The Morgan fingerprint density at radius 1 is 1.41 bits per heavy atom. The number of hydrogen-bond donors (Lipinski definition) is 0. The highest BCUT2D eigenvalue weighted by Gasteiger charge is 2.23. The lowest BCUT2D eigenvalue weighted by Gasteiger charge is -2.30. The maximum Gasteiger partial charge on any atom is 0.254 e. The maximum absolute atomic E-state index is 12.4. The zero-order valence-corrected chi connectivity index (χ0v) is 12.0. The third-order valence-electron chi connectivity index (χ3n) is 3.27. The van der Waals surface area contributed by atoms with Crippen LogP contribution in [0.5, 0.6) is 0 Å². The van der Waals surface area contributed by atoms with Gasteiger partial charge < -0.3 is 4.90 Å². The molecule has 1 amide bonds. The molecule has 3 heteroatoms. The first-order chi connectivity index (χ1) is 8.08. The van der Waals surface area contributed by atoms with Gasteiger partial charge in [-0.25, -0.2) is 0 Å². The number of benzene rings is 1. The molecule has 1 atom stereocenters. The van der Waals surface area contributed by atoms with Crippen LogP contribution in [0.25, 0.3) is 0 Å². The number of carbonyl (C=O) groups is 1. The molecule has 2 nitrogen and oxygen atoms in total. The summed E-state index contributed by atoms with van der Waals surface area (Å²) in [5, 5.41) is 0. The van der Waals surface area contributed by atoms with Crippen molar-refractivity contribution >= 4 is 21.8 Å². The Morgan fingerprint density at radius 3 is 2.88 bits per heavy atom. The Hall–Kier alpha value is -0.830. The third-order valence-corrected chi connectivity index (χ3v) is 4.02. The van der Waals surface area contributed by atoms with Gasteiger partial charge in [0.05, 0.1) is 0 Å². The van der Waals surface area contributed by atoms with Crippen LogP contribution in [0.3, 0.4) is 0 Å². The predicted octanol–water partition coefficient (Wildman–Crippen LogP) is 3.30. The molecule has 0 radical (unpaired) electrons. The van der Waals surface area contributed by atoms with Crippen LogP contribution in [0.15, 0.2) is 18.2 Å². The molecule has 1 fully saturated rings. The summed E-state index contributed by atoms with van der Waals surface area (Å²) in [6.45, 7) is 5.74. The summed E-state index contributed by atoms with van der Waals surface area (Å²) in [7, 11) is 0. The van der Waals surface area contributed by atoms with E-state index in [0.29, 0.717) is 4.83 Å². The quantitative estimate of drug-likeness (QED) is 0.728. The normalized spacial score (nSPS) is 20.4. The van der Waals surface area contributed by atoms with Crippen molar-refractivity contribution in [2.24, 2.45) is 0 Å². The van der Waals surface area contributed by atoms with E-state index in [1.807, 2.05) is 30.9 Å². The fourth-order valence-corrected chi connectivity index (χ4v) is 2.92. The highest BCUT2D eigenvalue weighted by atomic mass is 79.9. The van der Waals surface area contributed by atoms with Crippen LogP contribution in [0.4, 0.5) is 0 Å². The summed E-state index contributed by atoms with van der Waals surface area (Å²) < 4.78 is 0. The van der Waals surface area contributed by atoms with Crippen LogP contribution >= 0.6 is 15.9 Å². The Bertz CT molecular complexity index is 430. The smallest absolute Gasteiger partial charge is 0.254 e. The van der Waals surface area contributed by atoms with Crippen LogP contribution in [-0.2, 0) is 0 Å². The predicted molar refractivity (Wildman–Crippen MR) is 73.8 cm³/mol. The van der Waals surface area contributed by atoms with Crippen LogP contribution in [0.2, 0.25) is 0 Å². The second-order valence-electron chi connectivity index (χ2n) is 4.81. The minimum atomic E-state index is 0.176. The van der Waals surface area contributed by atoms with Crippen molar-refractivity contribution in [3.8, 4) is 0 Å². The number of halogens is 1. The third kappa shape index (κ3) is 2.89. The Kier molecular flexibility index (Phi) is 3.87. The van der Waals surface area contributed by atoms with Crippen LogP contribution in [0, 0.1) is 13.8 Å². The number of likely N-dealkylation sites (tertiary alicyclic amines) is 1. The number of hydrogen-bond acceptors (Lipinski definition) is 1. The maximum atomic E-state index is 12.4. The van der Waals surface area contributed by atoms with E-state index < -0.39 is 0 Å². The molecule has 1 unspecified atom stereocenters. The van der Waals surface area contributed by atoms with Gasteiger partial charge in [0.1, 0.15) is 0 Å². The first-order valence-electron chi connectivity index (χ1n) is 6.08. The SMILES string of the molecule is Cc1ccc(C)c(C(=O)N2CCCC(Br)C2)c1. The van der Waals surface area contributed by atoms with E-state index in [2.05, 4.69) is 22.0 Å². The number of rotatable bonds is 1. The average Bonchev–Trinajstić information content (AvgIpc) is 2.31. The molecule has 17 heavy (non-hydrogen) atoms. The van der Waals surface area contributed by atoms with Gasteiger partial charge in [-0.2, -0.15) is 0 Å². The molecule has 92 valence electrons. The van der Waals surface area contributed by atoms with Crippen molar-refractivity contribution in [1.82, 2.24) is 4.90 Å². The van der Waals surface area contributed by atoms with Gasteiger partial charge in [0.15, 0.2) is 0 Å². The zero-order valence-electron chi connectivity index (χ0n) is 10.4. The molecule has 1 heterocycles. The van der Waals surface area contributed by atoms with Crippen molar-refractivity contribution in [2.75, 3.05) is 13.1 Å². The molecular formula is C14H18BrNO. The van der Waals surface area contributed by atoms with E-state index in [9.17, 15) is 4.79 Å². The molecular weight excluding hydrogens is 278 g/mol. The van der Waals surface area contributed by atoms with Gasteiger partial charge in [-0.1, -0.05) is 33.6 Å². The highest BCUT2D eigenvalue weighted by Crippen LogP contribution is 2.20. The van der Waals surface area contributed by atoms with Gasteiger partial charge in [0.2, 0.25) is 0 Å². The highest BCUT2D eigenvalue weighted by molar-refractivity contribution is 9.09. The molecule has 1 aliphatic rings. The molecule has 1 aliphatic heterocycles. The Balaban J connectivity index is 2.21. The number of amides is 1. The molecule has 0 aliphatic carbocycles. The molecule has 0 spiro atoms. The molecule has 1 saturated heterocycles. The van der Waals surface area contributed by atoms with E-state index in [1.165, 1.54) is 0 Å². The minimum Gasteiger partial charge on any atom is -0.338 e. The first-order valence-corrected chi connectivity index (χ1v) is 7.00. The average molecular weight is 296 g/mol. The number of alkyl halides is 1. The summed E-state index contributed by atoms with van der Waals surface area (Å²) in [4.78, 5) is 14.8. The van der Waals surface area contributed by atoms with Crippen LogP contribution in [-0.4, -0.2) is 28.7 Å². The second kappa shape index (κ2) is 5.21. The molecule has 0 aromatic heterocycles. The molecule has 0 N–H and O–H groups in total. The minimum absolute atomic E-state index is 0.176. The number of nitrogens with zero attached hydrogens (tertiary/aromatic N) is 1. The lowest BCUT2D eigenvalue weighted by atomic mass is 10.0. The largest absolute Gasteiger partial charge is 0.338 e. The van der Waals surface area contributed by atoms with Gasteiger partial charge >= 0.3 is 0 Å². The van der Waals surface area contributed by atoms with Gasteiger partial charge in [0.25, 0.3) is 5.91 Å². The second-order valence-corrected chi connectivity index (χ2v) is 6.10. The van der Waals surface area contributed by atoms with Crippen molar-refractivity contribution in [1.29, 1.82) is 0 Å². The zero-order chi connectivity index (χ0) is 12.4. The van der Waals surface area contributed by atoms with Gasteiger partial charge in [-0.3, -0.25) is 4.79 Å². The molecule has 2 rings (SSSR count). The fourth-order valence-electron chi connectivity index (χ4n) is 2.25. The van der Waals surface area contributed by atoms with Gasteiger partial charge in [0, 0.05) is 23.5 Å². The van der Waals surface area contributed by atoms with E-state index in [1.54, 1.807) is 0 Å². The van der Waals surface area contributed by atoms with Crippen molar-refractivity contribution < 1.29 is 4.79 Å². The molecule has 0 saturated carbocycles. The fraction of sp³-hybridized carbons (Fsp3) is 0.500. The summed E-state index contributed by atoms with van der Waals surface area (Å²) in [6, 6.07) is 6.07. The molecule has 1 aromatic carbocycles. The lowest BCUT2D eigenvalue weighted by molar-refractivity contribution is 0.0729. The van der Waals surface area contributed by atoms with E-state index in [-0.39, 0.29) is 5.91 Å². The molecule has 1 aromatic rings. The topological polar surface area (TPSA) is 20.3 Å². The number of carbonyl (C=O) groups excluding carboxylic acids is 1. The first kappa shape index (κ1) is 12.6. The van der Waals surface area contributed by atoms with Gasteiger partial charge in [-0.15, -0.1) is 0 Å². The summed E-state index contributed by atoms with van der Waals surface area (Å²) in [5.41, 5.74) is 3.07. The molecule has 0 bridgehead atoms. The van der Waals surface area contributed by atoms with Crippen molar-refractivity contribution in [3.63, 3.8) is 0 Å². The van der Waals surface area contributed by atoms with E-state index in [4.69, 9.17) is 0 Å². The van der Waals surface area contributed by atoms with Crippen molar-refractivity contribution in [2.45, 2.75) is 31.5 Å². The number of aryl methyl sites for hydroxylation is 2. The van der Waals surface area contributed by atoms with Crippen LogP contribution < -0.4 is 0 Å². The van der Waals surface area contributed by atoms with E-state index >= 15 is 0 Å². The summed E-state index contributed by atoms with van der Waals surface area (Å²) in [6.07, 6.45) is 2.25. The van der Waals surface area contributed by atoms with Gasteiger partial charge in [-0.05, 0) is 38.3 Å². The Labute approximate surface area is 111 Å². The summed E-state index contributed by atoms with van der Waals surface area (Å²) in [5.74, 6) is 0.176. The van der Waals surface area contributed by atoms with E-state index in [0.717, 1.165) is 42.6 Å². The lowest BCUT2D eigenvalue weighted by Crippen LogP contribution is -2.40. The monoisotopic (exact) mass is 295 g/mol.